The highest BCUT2D eigenvalue weighted by Gasteiger charge is 2.30. The molecule has 0 heterocycles. The molecule has 118 valence electrons. The van der Waals surface area contributed by atoms with E-state index in [-0.39, 0.29) is 0 Å². The van der Waals surface area contributed by atoms with Crippen molar-refractivity contribution in [2.24, 2.45) is 23.7 Å². The molecule has 0 N–H and O–H groups in total. The summed E-state index contributed by atoms with van der Waals surface area (Å²) in [6.45, 7) is 4.70. The fourth-order valence-corrected chi connectivity index (χ4v) is 4.88. The normalized spacial score (nSPS) is 35.1. The van der Waals surface area contributed by atoms with E-state index in [2.05, 4.69) is 13.8 Å². The molecule has 2 fully saturated rings. The molecule has 0 heteroatoms. The molecule has 20 heavy (non-hydrogen) atoms. The lowest BCUT2D eigenvalue weighted by atomic mass is 9.68. The van der Waals surface area contributed by atoms with Crippen LogP contribution in [0.15, 0.2) is 0 Å². The Bertz CT molecular complexity index is 228. The highest BCUT2D eigenvalue weighted by Crippen LogP contribution is 2.42. The molecule has 0 unspecified atom stereocenters. The third kappa shape index (κ3) is 5.08. The third-order valence-electron chi connectivity index (χ3n) is 6.49. The smallest absolute Gasteiger partial charge is 0.0386 e. The van der Waals surface area contributed by atoms with E-state index >= 15 is 0 Å². The number of hydrogen-bond donors (Lipinski definition) is 0. The fraction of sp³-hybridized carbons (Fsp3) is 1.00. The number of unbranched alkanes of at least 4 members (excludes halogenated alkanes) is 3. The molecule has 0 aliphatic heterocycles. The lowest BCUT2D eigenvalue weighted by Crippen LogP contribution is -2.25. The van der Waals surface area contributed by atoms with Crippen LogP contribution in [0.4, 0.5) is 0 Å². The van der Waals surface area contributed by atoms with Crippen LogP contribution in [0, 0.1) is 23.7 Å². The first-order chi connectivity index (χ1) is 9.83. The molecule has 0 atom stereocenters. The topological polar surface area (TPSA) is 0 Å². The second-order valence-corrected chi connectivity index (χ2v) is 7.82. The largest absolute Gasteiger partial charge is 0.0654 e. The molecule has 0 saturated heterocycles. The van der Waals surface area contributed by atoms with E-state index in [4.69, 9.17) is 0 Å². The van der Waals surface area contributed by atoms with Gasteiger partial charge in [-0.25, -0.2) is 0 Å². The van der Waals surface area contributed by atoms with Gasteiger partial charge in [-0.05, 0) is 49.4 Å². The zero-order valence-corrected chi connectivity index (χ0v) is 14.2. The molecular weight excluding hydrogens is 240 g/mol. The molecule has 0 aromatic carbocycles. The van der Waals surface area contributed by atoms with Crippen LogP contribution in [0.1, 0.15) is 104 Å². The first-order valence-corrected chi connectivity index (χ1v) is 9.83. The summed E-state index contributed by atoms with van der Waals surface area (Å²) in [5.74, 6) is 4.38. The van der Waals surface area contributed by atoms with Gasteiger partial charge in [0.2, 0.25) is 0 Å². The van der Waals surface area contributed by atoms with Gasteiger partial charge in [-0.2, -0.15) is 0 Å². The maximum absolute atomic E-state index is 2.38. The van der Waals surface area contributed by atoms with Crippen molar-refractivity contribution in [3.63, 3.8) is 0 Å². The third-order valence-corrected chi connectivity index (χ3v) is 6.49. The molecule has 0 nitrogen and oxygen atoms in total. The molecular formula is C20H38. The van der Waals surface area contributed by atoms with Crippen molar-refractivity contribution in [3.05, 3.63) is 0 Å². The van der Waals surface area contributed by atoms with Gasteiger partial charge in [0.05, 0.1) is 0 Å². The fourth-order valence-electron chi connectivity index (χ4n) is 4.88. The van der Waals surface area contributed by atoms with Gasteiger partial charge in [-0.1, -0.05) is 78.1 Å². The molecule has 0 radical (unpaired) electrons. The quantitative estimate of drug-likeness (QED) is 0.441. The molecule has 0 bridgehead atoms. The van der Waals surface area contributed by atoms with Gasteiger partial charge >= 0.3 is 0 Å². The van der Waals surface area contributed by atoms with Crippen LogP contribution in [0.25, 0.3) is 0 Å². The SMILES string of the molecule is CCCCCC[C@H]1CC[C@H]([C@H]2CC[C@H](CC)CC2)CC1. The minimum absolute atomic E-state index is 1.07. The standard InChI is InChI=1S/C20H38/c1-3-5-6-7-8-18-11-15-20(16-12-18)19-13-9-17(4-2)10-14-19/h17-20H,3-16H2,1-2H3/t17-,18-,19-,20-. The molecule has 2 rings (SSSR count). The molecule has 0 amide bonds. The maximum Gasteiger partial charge on any atom is -0.0386 e. The minimum Gasteiger partial charge on any atom is -0.0654 e. The lowest BCUT2D eigenvalue weighted by Gasteiger charge is -2.37. The summed E-state index contributed by atoms with van der Waals surface area (Å²) in [5, 5.41) is 0. The van der Waals surface area contributed by atoms with E-state index in [1.54, 1.807) is 38.5 Å². The molecule has 2 saturated carbocycles. The summed E-state index contributed by atoms with van der Waals surface area (Å²) in [5.41, 5.74) is 0. The zero-order chi connectivity index (χ0) is 14.2. The molecule has 0 aromatic heterocycles. The van der Waals surface area contributed by atoms with Crippen LogP contribution in [0.5, 0.6) is 0 Å². The summed E-state index contributed by atoms with van der Waals surface area (Å²) < 4.78 is 0. The lowest BCUT2D eigenvalue weighted by molar-refractivity contribution is 0.141. The van der Waals surface area contributed by atoms with Crippen LogP contribution >= 0.6 is 0 Å². The van der Waals surface area contributed by atoms with Gasteiger partial charge in [0.1, 0.15) is 0 Å². The zero-order valence-electron chi connectivity index (χ0n) is 14.2. The Balaban J connectivity index is 1.59. The van der Waals surface area contributed by atoms with E-state index in [0.29, 0.717) is 0 Å². The van der Waals surface area contributed by atoms with Gasteiger partial charge in [0.15, 0.2) is 0 Å². The molecule has 0 aromatic rings. The van der Waals surface area contributed by atoms with Crippen LogP contribution in [-0.4, -0.2) is 0 Å². The van der Waals surface area contributed by atoms with Crippen molar-refractivity contribution < 1.29 is 0 Å². The molecule has 2 aliphatic rings. The average molecular weight is 279 g/mol. The maximum atomic E-state index is 2.38. The summed E-state index contributed by atoms with van der Waals surface area (Å²) >= 11 is 0. The Hall–Kier alpha value is 0. The predicted octanol–water partition coefficient (Wildman–Crippen LogP) is 6.98. The average Bonchev–Trinajstić information content (AvgIpc) is 2.52. The second kappa shape index (κ2) is 9.11. The molecule has 2 aliphatic carbocycles. The Morgan fingerprint density at radius 3 is 1.65 bits per heavy atom. The predicted molar refractivity (Wildman–Crippen MR) is 89.9 cm³/mol. The Kier molecular flexibility index (Phi) is 7.45. The van der Waals surface area contributed by atoms with Gasteiger partial charge in [0, 0.05) is 0 Å². The number of rotatable bonds is 7. The van der Waals surface area contributed by atoms with Crippen molar-refractivity contribution >= 4 is 0 Å². The summed E-state index contributed by atoms with van der Waals surface area (Å²) in [4.78, 5) is 0. The first kappa shape index (κ1) is 16.4. The van der Waals surface area contributed by atoms with Crippen molar-refractivity contribution in [3.8, 4) is 0 Å². The highest BCUT2D eigenvalue weighted by atomic mass is 14.4. The highest BCUT2D eigenvalue weighted by molar-refractivity contribution is 4.81. The van der Waals surface area contributed by atoms with Crippen LogP contribution < -0.4 is 0 Å². The van der Waals surface area contributed by atoms with Gasteiger partial charge in [-0.15, -0.1) is 0 Å². The van der Waals surface area contributed by atoms with E-state index in [0.717, 1.165) is 23.7 Å². The van der Waals surface area contributed by atoms with Crippen molar-refractivity contribution in [1.82, 2.24) is 0 Å². The monoisotopic (exact) mass is 278 g/mol. The van der Waals surface area contributed by atoms with E-state index < -0.39 is 0 Å². The van der Waals surface area contributed by atoms with Crippen LogP contribution in [0.3, 0.4) is 0 Å². The van der Waals surface area contributed by atoms with Gasteiger partial charge in [-0.3, -0.25) is 0 Å². The van der Waals surface area contributed by atoms with E-state index in [9.17, 15) is 0 Å². The molecule has 0 spiro atoms. The van der Waals surface area contributed by atoms with E-state index in [1.807, 2.05) is 0 Å². The van der Waals surface area contributed by atoms with Gasteiger partial charge in [0.25, 0.3) is 0 Å². The van der Waals surface area contributed by atoms with Crippen molar-refractivity contribution in [2.75, 3.05) is 0 Å². The van der Waals surface area contributed by atoms with Crippen LogP contribution in [0.2, 0.25) is 0 Å². The summed E-state index contributed by atoms with van der Waals surface area (Å²) in [6.07, 6.45) is 21.2. The summed E-state index contributed by atoms with van der Waals surface area (Å²) in [6, 6.07) is 0. The summed E-state index contributed by atoms with van der Waals surface area (Å²) in [7, 11) is 0. The Morgan fingerprint density at radius 2 is 1.15 bits per heavy atom. The second-order valence-electron chi connectivity index (χ2n) is 7.82. The Labute approximate surface area is 128 Å². The first-order valence-electron chi connectivity index (χ1n) is 9.83. The van der Waals surface area contributed by atoms with Crippen molar-refractivity contribution in [2.45, 2.75) is 104 Å². The number of hydrogen-bond acceptors (Lipinski definition) is 0. The minimum atomic E-state index is 1.07. The van der Waals surface area contributed by atoms with Crippen molar-refractivity contribution in [1.29, 1.82) is 0 Å². The van der Waals surface area contributed by atoms with E-state index in [1.165, 1.54) is 51.4 Å². The Morgan fingerprint density at radius 1 is 0.600 bits per heavy atom. The van der Waals surface area contributed by atoms with Gasteiger partial charge < -0.3 is 0 Å². The van der Waals surface area contributed by atoms with Crippen LogP contribution in [-0.2, 0) is 0 Å².